The average Bonchev–Trinajstić information content (AvgIpc) is 2.46. The third-order valence-corrected chi connectivity index (χ3v) is 5.01. The van der Waals surface area contributed by atoms with Crippen molar-refractivity contribution in [1.82, 2.24) is 10.2 Å². The summed E-state index contributed by atoms with van der Waals surface area (Å²) in [5.74, 6) is 0. The van der Waals surface area contributed by atoms with Crippen LogP contribution < -0.4 is 5.32 Å². The summed E-state index contributed by atoms with van der Waals surface area (Å²) in [5, 5.41) is 3.56. The number of rotatable bonds is 4. The molecule has 1 aromatic carbocycles. The minimum atomic E-state index is 0.0605. The lowest BCUT2D eigenvalue weighted by Gasteiger charge is -2.46. The molecule has 0 bridgehead atoms. The van der Waals surface area contributed by atoms with Crippen molar-refractivity contribution in [2.24, 2.45) is 0 Å². The van der Waals surface area contributed by atoms with Crippen molar-refractivity contribution >= 4 is 0 Å². The fourth-order valence-corrected chi connectivity index (χ4v) is 3.51. The number of hydrogen-bond donors (Lipinski definition) is 1. The van der Waals surface area contributed by atoms with Crippen LogP contribution in [0.25, 0.3) is 0 Å². The number of benzene rings is 1. The van der Waals surface area contributed by atoms with Crippen LogP contribution in [0, 0.1) is 20.8 Å². The number of nitrogens with one attached hydrogen (secondary N) is 1. The molecule has 0 saturated carbocycles. The van der Waals surface area contributed by atoms with Crippen molar-refractivity contribution in [3.8, 4) is 0 Å². The highest BCUT2D eigenvalue weighted by atomic mass is 16.5. The molecule has 118 valence electrons. The summed E-state index contributed by atoms with van der Waals surface area (Å²) in [4.78, 5) is 2.55. The smallest absolute Gasteiger partial charge is 0.0594 e. The Hall–Kier alpha value is -0.900. The first-order chi connectivity index (χ1) is 9.87. The molecule has 1 aromatic rings. The molecule has 21 heavy (non-hydrogen) atoms. The lowest BCUT2D eigenvalue weighted by atomic mass is 9.83. The van der Waals surface area contributed by atoms with Gasteiger partial charge in [-0.3, -0.25) is 4.90 Å². The van der Waals surface area contributed by atoms with Gasteiger partial charge >= 0.3 is 0 Å². The van der Waals surface area contributed by atoms with Gasteiger partial charge in [-0.05, 0) is 63.9 Å². The minimum Gasteiger partial charge on any atom is -0.379 e. The molecule has 1 saturated heterocycles. The maximum Gasteiger partial charge on any atom is 0.0594 e. The largest absolute Gasteiger partial charge is 0.379 e. The van der Waals surface area contributed by atoms with E-state index in [1.54, 1.807) is 0 Å². The van der Waals surface area contributed by atoms with Gasteiger partial charge in [0.25, 0.3) is 0 Å². The summed E-state index contributed by atoms with van der Waals surface area (Å²) in [6.45, 7) is 15.0. The van der Waals surface area contributed by atoms with Crippen molar-refractivity contribution in [3.63, 3.8) is 0 Å². The van der Waals surface area contributed by atoms with E-state index in [1.807, 2.05) is 0 Å². The van der Waals surface area contributed by atoms with Gasteiger partial charge in [0, 0.05) is 18.6 Å². The first kappa shape index (κ1) is 16.5. The number of ether oxygens (including phenoxy) is 1. The molecule has 1 unspecified atom stereocenters. The molecule has 0 spiro atoms. The predicted octanol–water partition coefficient (Wildman–Crippen LogP) is 2.98. The van der Waals surface area contributed by atoms with E-state index in [4.69, 9.17) is 4.74 Å². The highest BCUT2D eigenvalue weighted by molar-refractivity contribution is 5.39. The lowest BCUT2D eigenvalue weighted by Crippen LogP contribution is -2.55. The quantitative estimate of drug-likeness (QED) is 0.922. The molecule has 1 heterocycles. The Labute approximate surface area is 129 Å². The second kappa shape index (κ2) is 6.47. The molecule has 1 aliphatic rings. The van der Waals surface area contributed by atoms with Crippen LogP contribution in [0.1, 0.15) is 42.1 Å². The van der Waals surface area contributed by atoms with Crippen LogP contribution in [-0.2, 0) is 4.74 Å². The molecule has 1 N–H and O–H groups in total. The highest BCUT2D eigenvalue weighted by Crippen LogP contribution is 2.34. The maximum absolute atomic E-state index is 5.51. The Morgan fingerprint density at radius 3 is 2.19 bits per heavy atom. The van der Waals surface area contributed by atoms with E-state index in [-0.39, 0.29) is 5.54 Å². The topological polar surface area (TPSA) is 24.5 Å². The summed E-state index contributed by atoms with van der Waals surface area (Å²) in [6, 6.07) is 4.98. The van der Waals surface area contributed by atoms with Crippen molar-refractivity contribution in [1.29, 1.82) is 0 Å². The third-order valence-electron chi connectivity index (χ3n) is 5.01. The molecule has 1 atom stereocenters. The van der Waals surface area contributed by atoms with E-state index in [9.17, 15) is 0 Å². The molecule has 0 aromatic heterocycles. The SMILES string of the molecule is CNC(c1cc(C)c(C)cc1C)C(C)(C)N1CCOCC1. The van der Waals surface area contributed by atoms with E-state index >= 15 is 0 Å². The molecule has 2 rings (SSSR count). The lowest BCUT2D eigenvalue weighted by molar-refractivity contribution is -0.0230. The molecule has 3 nitrogen and oxygen atoms in total. The number of aryl methyl sites for hydroxylation is 3. The van der Waals surface area contributed by atoms with Crippen molar-refractivity contribution in [2.45, 2.75) is 46.2 Å². The zero-order chi connectivity index (χ0) is 15.6. The summed E-state index contributed by atoms with van der Waals surface area (Å²) in [6.07, 6.45) is 0. The van der Waals surface area contributed by atoms with Gasteiger partial charge in [0.15, 0.2) is 0 Å². The highest BCUT2D eigenvalue weighted by Gasteiger charge is 2.37. The number of hydrogen-bond acceptors (Lipinski definition) is 3. The number of nitrogens with zero attached hydrogens (tertiary/aromatic N) is 1. The van der Waals surface area contributed by atoms with E-state index in [1.165, 1.54) is 22.3 Å². The Morgan fingerprint density at radius 1 is 1.05 bits per heavy atom. The molecule has 0 aliphatic carbocycles. The fraction of sp³-hybridized carbons (Fsp3) is 0.667. The summed E-state index contributed by atoms with van der Waals surface area (Å²) < 4.78 is 5.51. The average molecular weight is 290 g/mol. The second-order valence-electron chi connectivity index (χ2n) is 6.77. The van der Waals surface area contributed by atoms with Gasteiger partial charge in [0.05, 0.1) is 19.3 Å². The Morgan fingerprint density at radius 2 is 1.62 bits per heavy atom. The predicted molar refractivity (Wildman–Crippen MR) is 88.9 cm³/mol. The standard InChI is InChI=1S/C18H30N2O/c1-13-11-15(3)16(12-14(13)2)17(19-6)18(4,5)20-7-9-21-10-8-20/h11-12,17,19H,7-10H2,1-6H3. The van der Waals surface area contributed by atoms with Crippen molar-refractivity contribution in [2.75, 3.05) is 33.4 Å². The van der Waals surface area contributed by atoms with Gasteiger partial charge in [0.1, 0.15) is 0 Å². The van der Waals surface area contributed by atoms with Crippen LogP contribution in [0.4, 0.5) is 0 Å². The van der Waals surface area contributed by atoms with Crippen LogP contribution in [0.2, 0.25) is 0 Å². The first-order valence-corrected chi connectivity index (χ1v) is 7.95. The van der Waals surface area contributed by atoms with Crippen LogP contribution in [0.3, 0.4) is 0 Å². The second-order valence-corrected chi connectivity index (χ2v) is 6.77. The van der Waals surface area contributed by atoms with Crippen LogP contribution in [0.15, 0.2) is 12.1 Å². The normalized spacial score (nSPS) is 18.8. The van der Waals surface area contributed by atoms with Gasteiger partial charge < -0.3 is 10.1 Å². The van der Waals surface area contributed by atoms with Crippen LogP contribution in [0.5, 0.6) is 0 Å². The Kier molecular flexibility index (Phi) is 5.07. The van der Waals surface area contributed by atoms with Gasteiger partial charge in [-0.15, -0.1) is 0 Å². The van der Waals surface area contributed by atoms with Crippen LogP contribution >= 0.6 is 0 Å². The molecule has 3 heteroatoms. The van der Waals surface area contributed by atoms with Crippen molar-refractivity contribution < 1.29 is 4.74 Å². The number of morpholine rings is 1. The van der Waals surface area contributed by atoms with E-state index in [0.29, 0.717) is 6.04 Å². The Balaban J connectivity index is 2.36. The molecule has 0 amide bonds. The first-order valence-electron chi connectivity index (χ1n) is 7.95. The van der Waals surface area contributed by atoms with Gasteiger partial charge in [-0.2, -0.15) is 0 Å². The molecule has 0 radical (unpaired) electrons. The minimum absolute atomic E-state index is 0.0605. The Bertz CT molecular complexity index is 490. The molecule has 1 aliphatic heterocycles. The van der Waals surface area contributed by atoms with Crippen LogP contribution in [-0.4, -0.2) is 43.8 Å². The fourth-order valence-electron chi connectivity index (χ4n) is 3.51. The molecule has 1 fully saturated rings. The summed E-state index contributed by atoms with van der Waals surface area (Å²) >= 11 is 0. The maximum atomic E-state index is 5.51. The van der Waals surface area contributed by atoms with Gasteiger partial charge in [-0.25, -0.2) is 0 Å². The monoisotopic (exact) mass is 290 g/mol. The van der Waals surface area contributed by atoms with Gasteiger partial charge in [0.2, 0.25) is 0 Å². The zero-order valence-electron chi connectivity index (χ0n) is 14.4. The molecular weight excluding hydrogens is 260 g/mol. The summed E-state index contributed by atoms with van der Waals surface area (Å²) in [5.41, 5.74) is 5.59. The third kappa shape index (κ3) is 3.31. The van der Waals surface area contributed by atoms with Crippen molar-refractivity contribution in [3.05, 3.63) is 34.4 Å². The van der Waals surface area contributed by atoms with Gasteiger partial charge in [-0.1, -0.05) is 12.1 Å². The van der Waals surface area contributed by atoms with E-state index in [2.05, 4.69) is 64.0 Å². The van der Waals surface area contributed by atoms with E-state index < -0.39 is 0 Å². The summed E-state index contributed by atoms with van der Waals surface area (Å²) in [7, 11) is 2.07. The zero-order valence-corrected chi connectivity index (χ0v) is 14.4. The molecular formula is C18H30N2O. The number of likely N-dealkylation sites (N-methyl/N-ethyl adjacent to an activating group) is 1. The van der Waals surface area contributed by atoms with E-state index in [0.717, 1.165) is 26.3 Å².